The first-order valence-electron chi connectivity index (χ1n) is 11.0. The lowest BCUT2D eigenvalue weighted by atomic mass is 10.1. The Kier molecular flexibility index (Phi) is 8.95. The highest BCUT2D eigenvalue weighted by Crippen LogP contribution is 2.27. The fraction of sp³-hybridized carbons (Fsp3) is 0.0435. The summed E-state index contributed by atoms with van der Waals surface area (Å²) in [7, 11) is -4.46. The number of anilines is 1. The van der Waals surface area contributed by atoms with Gasteiger partial charge in [0.05, 0.1) is 45.1 Å². The number of aromatic amines is 1. The first kappa shape index (κ1) is 29.6. The van der Waals surface area contributed by atoms with Crippen LogP contribution in [0.15, 0.2) is 85.9 Å². The van der Waals surface area contributed by atoms with Gasteiger partial charge in [-0.3, -0.25) is 24.5 Å². The molecule has 214 valence electrons. The molecule has 1 aromatic heterocycles. The number of amides is 1. The number of H-pyrrole nitrogens is 1. The largest absolute Gasteiger partial charge is 0.476 e. The molecule has 2 heterocycles. The second-order valence-electron chi connectivity index (χ2n) is 7.92. The molecule has 0 saturated carbocycles. The maximum Gasteiger partial charge on any atom is 0.357 e. The molecule has 1 aliphatic heterocycles. The number of allylic oxidation sites excluding steroid dienone is 2. The van der Waals surface area contributed by atoms with E-state index in [1.54, 1.807) is 0 Å². The minimum Gasteiger partial charge on any atom is -0.476 e. The SMILES string of the molecule is O=C(O)C1=NN(c2ccc(SOOO)cc2)C(=O)/C1=C\C=C\c1c(COO)[nH]n(-c2ccc(S(=O)(=O)O)cc2)c1=O. The summed E-state index contributed by atoms with van der Waals surface area (Å²) in [5.41, 5.74) is -1.04. The summed E-state index contributed by atoms with van der Waals surface area (Å²) in [4.78, 5) is 42.1. The monoisotopic (exact) mass is 606 g/mol. The Bertz CT molecular complexity index is 1720. The van der Waals surface area contributed by atoms with Crippen molar-refractivity contribution >= 4 is 51.5 Å². The quantitative estimate of drug-likeness (QED) is 0.0694. The predicted molar refractivity (Wildman–Crippen MR) is 140 cm³/mol. The van der Waals surface area contributed by atoms with Crippen LogP contribution in [-0.4, -0.2) is 56.0 Å². The van der Waals surface area contributed by atoms with Crippen LogP contribution in [0.5, 0.6) is 0 Å². The van der Waals surface area contributed by atoms with Crippen molar-refractivity contribution in [1.29, 1.82) is 0 Å². The van der Waals surface area contributed by atoms with E-state index in [2.05, 4.69) is 24.5 Å². The van der Waals surface area contributed by atoms with Crippen molar-refractivity contribution in [3.05, 3.63) is 87.9 Å². The van der Waals surface area contributed by atoms with Gasteiger partial charge >= 0.3 is 5.97 Å². The number of hydrogen-bond donors (Lipinski definition) is 5. The van der Waals surface area contributed by atoms with Crippen LogP contribution in [0.3, 0.4) is 0 Å². The third kappa shape index (κ3) is 6.51. The summed E-state index contributed by atoms with van der Waals surface area (Å²) in [6.45, 7) is -0.458. The Morgan fingerprint density at radius 1 is 1.05 bits per heavy atom. The van der Waals surface area contributed by atoms with Crippen LogP contribution in [0.1, 0.15) is 11.3 Å². The molecule has 18 heteroatoms. The van der Waals surface area contributed by atoms with Crippen LogP contribution in [0.25, 0.3) is 11.8 Å². The summed E-state index contributed by atoms with van der Waals surface area (Å²) >= 11 is 0.680. The highest BCUT2D eigenvalue weighted by atomic mass is 32.2. The van der Waals surface area contributed by atoms with Gasteiger partial charge in [-0.15, -0.1) is 4.33 Å². The minimum atomic E-state index is -4.46. The lowest BCUT2D eigenvalue weighted by molar-refractivity contribution is -0.432. The third-order valence-electron chi connectivity index (χ3n) is 5.46. The summed E-state index contributed by atoms with van der Waals surface area (Å²) in [5.74, 6) is -2.25. The molecule has 0 bridgehead atoms. The van der Waals surface area contributed by atoms with Gasteiger partial charge in [0.2, 0.25) is 0 Å². The number of rotatable bonds is 11. The van der Waals surface area contributed by atoms with Gasteiger partial charge in [-0.25, -0.2) is 19.6 Å². The standard InChI is InChI=1S/C23H18N4O12S2/c28-21-17(19(12-37-32)24-26(21)14-6-10-16(11-7-14)41(34,35)36)2-1-3-18-20(23(30)31)25-27(22(18)29)13-4-8-15(9-5-13)40-39-38-33/h1-11,24,32-33H,12H2,(H,30,31)(H,34,35,36)/b2-1+,18-3-. The first-order chi connectivity index (χ1) is 19.5. The lowest BCUT2D eigenvalue weighted by Gasteiger charge is -2.11. The number of carbonyl (C=O) groups excluding carboxylic acids is 1. The second-order valence-corrected chi connectivity index (χ2v) is 10.1. The molecule has 2 aromatic carbocycles. The van der Waals surface area contributed by atoms with E-state index in [-0.39, 0.29) is 28.2 Å². The van der Waals surface area contributed by atoms with Crippen LogP contribution in [0.4, 0.5) is 5.69 Å². The Labute approximate surface area is 233 Å². The Hall–Kier alpha value is -4.40. The maximum absolute atomic E-state index is 13.1. The maximum atomic E-state index is 13.1. The molecule has 5 N–H and O–H groups in total. The van der Waals surface area contributed by atoms with Crippen LogP contribution in [0, 0.1) is 0 Å². The van der Waals surface area contributed by atoms with Crippen LogP contribution >= 0.6 is 12.0 Å². The topological polar surface area (TPSA) is 230 Å². The van der Waals surface area contributed by atoms with E-state index >= 15 is 0 Å². The van der Waals surface area contributed by atoms with Crippen LogP contribution in [0.2, 0.25) is 0 Å². The van der Waals surface area contributed by atoms with Crippen molar-refractivity contribution < 1.29 is 52.4 Å². The van der Waals surface area contributed by atoms with Gasteiger partial charge in [0.15, 0.2) is 5.71 Å². The number of nitrogens with one attached hydrogen (secondary N) is 1. The highest BCUT2D eigenvalue weighted by Gasteiger charge is 2.34. The Morgan fingerprint density at radius 2 is 1.71 bits per heavy atom. The number of benzene rings is 2. The molecule has 0 aliphatic carbocycles. The van der Waals surface area contributed by atoms with Crippen molar-refractivity contribution in [1.82, 2.24) is 9.78 Å². The van der Waals surface area contributed by atoms with Gasteiger partial charge in [-0.1, -0.05) is 11.1 Å². The number of aromatic nitrogens is 2. The smallest absolute Gasteiger partial charge is 0.357 e. The number of carboxylic acid groups (broad SMARTS) is 1. The molecule has 0 radical (unpaired) electrons. The normalized spacial score (nSPS) is 14.8. The first-order valence-corrected chi connectivity index (χ1v) is 13.2. The van der Waals surface area contributed by atoms with Gasteiger partial charge in [0.25, 0.3) is 21.6 Å². The van der Waals surface area contributed by atoms with Crippen molar-refractivity contribution in [2.24, 2.45) is 5.10 Å². The van der Waals surface area contributed by atoms with E-state index in [0.717, 1.165) is 27.9 Å². The van der Waals surface area contributed by atoms with E-state index in [1.165, 1.54) is 48.6 Å². The fourth-order valence-electron chi connectivity index (χ4n) is 3.63. The summed E-state index contributed by atoms with van der Waals surface area (Å²) in [6, 6.07) is 10.6. The second kappa shape index (κ2) is 12.4. The van der Waals surface area contributed by atoms with Gasteiger partial charge in [-0.2, -0.15) is 18.5 Å². The molecule has 0 atom stereocenters. The van der Waals surface area contributed by atoms with Gasteiger partial charge < -0.3 is 5.11 Å². The molecule has 4 rings (SSSR count). The Morgan fingerprint density at radius 3 is 2.29 bits per heavy atom. The highest BCUT2D eigenvalue weighted by molar-refractivity contribution is 7.94. The molecular weight excluding hydrogens is 588 g/mol. The van der Waals surface area contributed by atoms with Crippen molar-refractivity contribution in [3.63, 3.8) is 0 Å². The summed E-state index contributed by atoms with van der Waals surface area (Å²) in [5, 5.41) is 37.7. The molecule has 1 amide bonds. The number of aliphatic carboxylic acids is 1. The van der Waals surface area contributed by atoms with Crippen LogP contribution in [-0.2, 0) is 40.6 Å². The average molecular weight is 607 g/mol. The van der Waals surface area contributed by atoms with E-state index in [1.807, 2.05) is 0 Å². The van der Waals surface area contributed by atoms with Crippen LogP contribution < -0.4 is 10.6 Å². The number of carbonyl (C=O) groups is 2. The number of carboxylic acids is 1. The van der Waals surface area contributed by atoms with Crippen molar-refractivity contribution in [2.45, 2.75) is 16.4 Å². The lowest BCUT2D eigenvalue weighted by Crippen LogP contribution is -2.22. The molecule has 0 spiro atoms. The zero-order valence-electron chi connectivity index (χ0n) is 20.3. The summed E-state index contributed by atoms with van der Waals surface area (Å²) in [6.07, 6.45) is 3.62. The Balaban J connectivity index is 1.64. The zero-order chi connectivity index (χ0) is 29.7. The zero-order valence-corrected chi connectivity index (χ0v) is 21.9. The average Bonchev–Trinajstić information content (AvgIpc) is 3.44. The van der Waals surface area contributed by atoms with E-state index in [0.29, 0.717) is 16.9 Å². The van der Waals surface area contributed by atoms with E-state index in [9.17, 15) is 27.9 Å². The van der Waals surface area contributed by atoms with Crippen molar-refractivity contribution in [3.8, 4) is 5.69 Å². The third-order valence-corrected chi connectivity index (χ3v) is 6.92. The van der Waals surface area contributed by atoms with E-state index < -0.39 is 44.8 Å². The molecule has 0 saturated heterocycles. The van der Waals surface area contributed by atoms with Gasteiger partial charge in [0, 0.05) is 4.90 Å². The molecule has 41 heavy (non-hydrogen) atoms. The molecule has 16 nitrogen and oxygen atoms in total. The molecule has 0 unspecified atom stereocenters. The molecular formula is C23H18N4O12S2. The molecule has 0 fully saturated rings. The molecule has 1 aliphatic rings. The van der Waals surface area contributed by atoms with Gasteiger partial charge in [0.1, 0.15) is 6.61 Å². The number of hydrazone groups is 1. The van der Waals surface area contributed by atoms with E-state index in [4.69, 9.17) is 15.1 Å². The van der Waals surface area contributed by atoms with Crippen molar-refractivity contribution in [2.75, 3.05) is 5.01 Å². The fourth-order valence-corrected chi connectivity index (χ4v) is 4.46. The minimum absolute atomic E-state index is 0.0342. The number of hydrogen-bond acceptors (Lipinski definition) is 12. The number of nitrogens with zero attached hydrogens (tertiary/aromatic N) is 3. The molecule has 3 aromatic rings. The predicted octanol–water partition coefficient (Wildman–Crippen LogP) is 2.26. The van der Waals surface area contributed by atoms with Gasteiger partial charge in [-0.05, 0) is 60.7 Å². The summed E-state index contributed by atoms with van der Waals surface area (Å²) < 4.78 is 37.1.